The third-order valence-electron chi connectivity index (χ3n) is 6.23. The Morgan fingerprint density at radius 1 is 1.42 bits per heavy atom. The van der Waals surface area contributed by atoms with Crippen molar-refractivity contribution in [3.05, 3.63) is 34.7 Å². The molecule has 0 aromatic carbocycles. The van der Waals surface area contributed by atoms with Crippen LogP contribution < -0.4 is 16.4 Å². The zero-order valence-electron chi connectivity index (χ0n) is 16.7. The van der Waals surface area contributed by atoms with E-state index in [0.29, 0.717) is 34.5 Å². The lowest BCUT2D eigenvalue weighted by Gasteiger charge is -2.24. The number of halogens is 1. The van der Waals surface area contributed by atoms with Crippen molar-refractivity contribution in [1.29, 1.82) is 0 Å². The number of fused-ring (bicyclic) bond motifs is 2. The third-order valence-corrected chi connectivity index (χ3v) is 7.47. The van der Waals surface area contributed by atoms with E-state index < -0.39 is 11.4 Å². The van der Waals surface area contributed by atoms with E-state index in [9.17, 15) is 4.79 Å². The number of piperidine rings is 1. The highest BCUT2D eigenvalue weighted by atomic mass is 35.5. The number of aryl methyl sites for hydroxylation is 1. The molecule has 158 valence electrons. The first-order chi connectivity index (χ1) is 14.9. The first kappa shape index (κ1) is 20.1. The molecule has 2 fully saturated rings. The van der Waals surface area contributed by atoms with Gasteiger partial charge in [0.25, 0.3) is 0 Å². The highest BCUT2D eigenvalue weighted by Crippen LogP contribution is 2.54. The molecule has 8 nitrogen and oxygen atoms in total. The minimum Gasteiger partial charge on any atom is -0.368 e. The van der Waals surface area contributed by atoms with Crippen LogP contribution in [-0.4, -0.2) is 44.5 Å². The molecule has 2 unspecified atom stereocenters. The van der Waals surface area contributed by atoms with Crippen molar-refractivity contribution < 1.29 is 4.79 Å². The van der Waals surface area contributed by atoms with E-state index in [2.05, 4.69) is 25.8 Å². The molecule has 0 bridgehead atoms. The number of hydrogen-bond donors (Lipinski definition) is 3. The van der Waals surface area contributed by atoms with Gasteiger partial charge in [-0.2, -0.15) is 0 Å². The summed E-state index contributed by atoms with van der Waals surface area (Å²) in [5.74, 6) is 2.91. The number of anilines is 1. The fourth-order valence-electron chi connectivity index (χ4n) is 4.45. The Morgan fingerprint density at radius 3 is 2.81 bits per heavy atom. The summed E-state index contributed by atoms with van der Waals surface area (Å²) in [4.78, 5) is 31.7. The summed E-state index contributed by atoms with van der Waals surface area (Å²) in [6.45, 7) is 3.21. The largest absolute Gasteiger partial charge is 0.368 e. The number of carbonyl (C=O) groups excluding carboxylic acids is 1. The molecule has 1 aliphatic heterocycles. The van der Waals surface area contributed by atoms with Gasteiger partial charge in [0.2, 0.25) is 5.91 Å². The number of pyridine rings is 1. The highest BCUT2D eigenvalue weighted by Gasteiger charge is 2.70. The molecule has 1 aliphatic carbocycles. The topological polar surface area (TPSA) is 127 Å². The fourth-order valence-corrected chi connectivity index (χ4v) is 5.59. The van der Waals surface area contributed by atoms with Crippen LogP contribution in [0.3, 0.4) is 0 Å². The quantitative estimate of drug-likeness (QED) is 0.398. The highest BCUT2D eigenvalue weighted by molar-refractivity contribution is 7.99. The first-order valence-electron chi connectivity index (χ1n) is 9.88. The lowest BCUT2D eigenvalue weighted by Crippen LogP contribution is -2.47. The van der Waals surface area contributed by atoms with E-state index >= 15 is 0 Å². The second-order valence-corrected chi connectivity index (χ2v) is 9.31. The van der Waals surface area contributed by atoms with Crippen LogP contribution in [0.4, 0.5) is 5.82 Å². The maximum atomic E-state index is 11.8. The van der Waals surface area contributed by atoms with Crippen LogP contribution in [-0.2, 0) is 11.2 Å². The number of aromatic nitrogens is 4. The molecule has 10 heteroatoms. The Morgan fingerprint density at radius 2 is 2.16 bits per heavy atom. The van der Waals surface area contributed by atoms with Crippen molar-refractivity contribution in [2.75, 3.05) is 18.0 Å². The van der Waals surface area contributed by atoms with Gasteiger partial charge < -0.3 is 21.4 Å². The molecule has 3 aromatic rings. The summed E-state index contributed by atoms with van der Waals surface area (Å²) >= 11 is 8.05. The van der Waals surface area contributed by atoms with Gasteiger partial charge in [-0.25, -0.2) is 9.97 Å². The zero-order valence-corrected chi connectivity index (χ0v) is 18.3. The number of rotatable bonds is 5. The van der Waals surface area contributed by atoms with Gasteiger partial charge in [-0.3, -0.25) is 9.78 Å². The van der Waals surface area contributed by atoms with E-state index in [1.54, 1.807) is 12.4 Å². The van der Waals surface area contributed by atoms with Crippen LogP contribution in [0.1, 0.15) is 18.2 Å². The molecule has 2 aliphatic rings. The monoisotopic (exact) mass is 453 g/mol. The SMILES string of the molecule is C#Cc1cncc(Sc2nc(N3CC4C(C3)C4(N)C(N)=O)c3c(Cl)c(CC)[nH]c3n2)c1. The van der Waals surface area contributed by atoms with E-state index in [1.165, 1.54) is 11.8 Å². The van der Waals surface area contributed by atoms with Gasteiger partial charge in [0.15, 0.2) is 5.16 Å². The average Bonchev–Trinajstić information content (AvgIpc) is 3.09. The lowest BCUT2D eigenvalue weighted by atomic mass is 10.1. The summed E-state index contributed by atoms with van der Waals surface area (Å²) in [7, 11) is 0. The van der Waals surface area contributed by atoms with Crippen LogP contribution in [0.15, 0.2) is 28.5 Å². The van der Waals surface area contributed by atoms with E-state index in [-0.39, 0.29) is 11.8 Å². The number of nitrogens with one attached hydrogen (secondary N) is 1. The standard InChI is InChI=1S/C21H20ClN7OS/c1-3-10-5-11(7-25-6-10)31-20-27-17-15(16(22)14(4-2)26-17)18(28-20)29-8-12-13(9-29)21(12,24)19(23)30/h1,5-7,12-13H,4,8-9,24H2,2H3,(H2,23,30)(H,26,27,28). The van der Waals surface area contributed by atoms with Crippen molar-refractivity contribution in [2.24, 2.45) is 23.3 Å². The summed E-state index contributed by atoms with van der Waals surface area (Å²) in [6.07, 6.45) is 9.58. The molecule has 3 aromatic heterocycles. The van der Waals surface area contributed by atoms with Crippen molar-refractivity contribution in [3.8, 4) is 12.3 Å². The van der Waals surface area contributed by atoms with Crippen molar-refractivity contribution in [3.63, 3.8) is 0 Å². The van der Waals surface area contributed by atoms with Crippen LogP contribution in [0.2, 0.25) is 5.02 Å². The van der Waals surface area contributed by atoms with Crippen molar-refractivity contribution in [1.82, 2.24) is 19.9 Å². The first-order valence-corrected chi connectivity index (χ1v) is 11.1. The Hall–Kier alpha value is -2.80. The number of amides is 1. The molecule has 31 heavy (non-hydrogen) atoms. The molecule has 5 rings (SSSR count). The number of primary amides is 1. The Kier molecular flexibility index (Phi) is 4.62. The Labute approximate surface area is 188 Å². The number of nitrogens with zero attached hydrogens (tertiary/aromatic N) is 4. The molecule has 2 atom stereocenters. The van der Waals surface area contributed by atoms with E-state index in [1.807, 2.05) is 13.0 Å². The second kappa shape index (κ2) is 7.12. The van der Waals surface area contributed by atoms with Gasteiger partial charge in [0.1, 0.15) is 17.0 Å². The number of hydrogen-bond acceptors (Lipinski definition) is 7. The summed E-state index contributed by atoms with van der Waals surface area (Å²) in [5, 5.41) is 1.95. The smallest absolute Gasteiger partial charge is 0.238 e. The summed E-state index contributed by atoms with van der Waals surface area (Å²) < 4.78 is 0. The summed E-state index contributed by atoms with van der Waals surface area (Å²) in [5.41, 5.74) is 13.1. The van der Waals surface area contributed by atoms with Crippen LogP contribution >= 0.6 is 23.4 Å². The number of H-pyrrole nitrogens is 1. The lowest BCUT2D eigenvalue weighted by molar-refractivity contribution is -0.120. The maximum Gasteiger partial charge on any atom is 0.238 e. The maximum absolute atomic E-state index is 11.8. The molecule has 1 amide bonds. The second-order valence-electron chi connectivity index (χ2n) is 7.90. The van der Waals surface area contributed by atoms with Gasteiger partial charge in [-0.1, -0.05) is 24.4 Å². The van der Waals surface area contributed by atoms with E-state index in [4.69, 9.17) is 34.5 Å². The number of terminal acetylenes is 1. The average molecular weight is 454 g/mol. The Bertz CT molecular complexity index is 1250. The molecule has 0 spiro atoms. The Balaban J connectivity index is 1.54. The van der Waals surface area contributed by atoms with Crippen LogP contribution in [0.25, 0.3) is 11.0 Å². The summed E-state index contributed by atoms with van der Waals surface area (Å²) in [6, 6.07) is 1.87. The van der Waals surface area contributed by atoms with Gasteiger partial charge in [0, 0.05) is 53.5 Å². The molecular formula is C21H20ClN7OS. The van der Waals surface area contributed by atoms with Gasteiger partial charge in [0.05, 0.1) is 10.4 Å². The minimum absolute atomic E-state index is 0.0194. The van der Waals surface area contributed by atoms with Gasteiger partial charge >= 0.3 is 0 Å². The molecule has 5 N–H and O–H groups in total. The normalized spacial score (nSPS) is 24.3. The molecule has 1 saturated heterocycles. The van der Waals surface area contributed by atoms with Crippen molar-refractivity contribution >= 4 is 46.1 Å². The number of aromatic amines is 1. The molecule has 4 heterocycles. The van der Waals surface area contributed by atoms with Crippen LogP contribution in [0.5, 0.6) is 0 Å². The number of nitrogens with two attached hydrogens (primary N) is 2. The molecular weight excluding hydrogens is 434 g/mol. The van der Waals surface area contributed by atoms with Crippen molar-refractivity contribution in [2.45, 2.75) is 28.9 Å². The number of carbonyl (C=O) groups is 1. The minimum atomic E-state index is -0.919. The predicted molar refractivity (Wildman–Crippen MR) is 120 cm³/mol. The zero-order chi connectivity index (χ0) is 21.9. The predicted octanol–water partition coefficient (Wildman–Crippen LogP) is 1.95. The fraction of sp³-hybridized carbons (Fsp3) is 0.333. The molecule has 1 saturated carbocycles. The van der Waals surface area contributed by atoms with Gasteiger partial charge in [-0.05, 0) is 24.2 Å². The molecule has 0 radical (unpaired) electrons. The van der Waals surface area contributed by atoms with E-state index in [0.717, 1.165) is 28.2 Å². The van der Waals surface area contributed by atoms with Gasteiger partial charge in [-0.15, -0.1) is 6.42 Å². The third kappa shape index (κ3) is 3.05. The van der Waals surface area contributed by atoms with Crippen LogP contribution in [0, 0.1) is 24.2 Å².